The lowest BCUT2D eigenvalue weighted by molar-refractivity contribution is 0.0950. The van der Waals surface area contributed by atoms with Crippen LogP contribution in [-0.4, -0.2) is 34.8 Å². The smallest absolute Gasteiger partial charge is 0.254 e. The molecule has 0 unspecified atom stereocenters. The number of nitrogens with one attached hydrogen (secondary N) is 2. The third-order valence-corrected chi connectivity index (χ3v) is 2.09. The molecule has 1 heterocycles. The van der Waals surface area contributed by atoms with Crippen LogP contribution in [-0.2, 0) is 7.05 Å². The largest absolute Gasteiger partial charge is 0.350 e. The molecule has 5 nitrogen and oxygen atoms in total. The zero-order valence-electron chi connectivity index (χ0n) is 9.86. The number of carbonyl (C=O) groups is 1. The number of hydrogen-bond donors (Lipinski definition) is 2. The van der Waals surface area contributed by atoms with E-state index in [9.17, 15) is 4.79 Å². The van der Waals surface area contributed by atoms with Crippen molar-refractivity contribution in [3.63, 3.8) is 0 Å². The van der Waals surface area contributed by atoms with Crippen LogP contribution in [0, 0.1) is 0 Å². The van der Waals surface area contributed by atoms with Crippen LogP contribution in [0.15, 0.2) is 12.4 Å². The normalized spacial score (nSPS) is 11.7. The van der Waals surface area contributed by atoms with Crippen LogP contribution in [0.2, 0.25) is 0 Å². The van der Waals surface area contributed by atoms with Crippen LogP contribution in [0.3, 0.4) is 0 Å². The highest BCUT2D eigenvalue weighted by molar-refractivity contribution is 5.93. The molecule has 0 aromatic carbocycles. The number of aryl methyl sites for hydroxylation is 1. The Labute approximate surface area is 102 Å². The van der Waals surface area contributed by atoms with E-state index in [2.05, 4.69) is 15.7 Å². The van der Waals surface area contributed by atoms with Gasteiger partial charge in [0.15, 0.2) is 0 Å². The van der Waals surface area contributed by atoms with Crippen molar-refractivity contribution in [2.24, 2.45) is 7.05 Å². The molecule has 0 saturated heterocycles. The van der Waals surface area contributed by atoms with Crippen molar-refractivity contribution in [1.82, 2.24) is 20.4 Å². The minimum absolute atomic E-state index is 0. The van der Waals surface area contributed by atoms with Gasteiger partial charge in [-0.2, -0.15) is 5.10 Å². The SMILES string of the molecule is CCN[C@H](C)CNC(=O)c1cnn(C)c1.Cl. The third kappa shape index (κ3) is 4.63. The number of likely N-dealkylation sites (N-methyl/N-ethyl adjacent to an activating group) is 1. The molecule has 1 amide bonds. The molecule has 0 spiro atoms. The second kappa shape index (κ2) is 7.24. The summed E-state index contributed by atoms with van der Waals surface area (Å²) in [4.78, 5) is 11.6. The van der Waals surface area contributed by atoms with E-state index in [0.717, 1.165) is 6.54 Å². The van der Waals surface area contributed by atoms with Gasteiger partial charge in [-0.1, -0.05) is 6.92 Å². The summed E-state index contributed by atoms with van der Waals surface area (Å²) in [7, 11) is 1.79. The zero-order chi connectivity index (χ0) is 11.3. The lowest BCUT2D eigenvalue weighted by Crippen LogP contribution is -2.38. The Bertz CT molecular complexity index is 326. The van der Waals surface area contributed by atoms with Crippen molar-refractivity contribution >= 4 is 18.3 Å². The molecule has 92 valence electrons. The minimum atomic E-state index is -0.0761. The molecule has 0 aliphatic heterocycles. The molecule has 0 bridgehead atoms. The molecule has 1 aromatic rings. The standard InChI is InChI=1S/C10H18N4O.ClH/c1-4-11-8(2)5-12-10(15)9-6-13-14(3)7-9;/h6-8,11H,4-5H2,1-3H3,(H,12,15);1H/t8-;/m1./s1. The first-order valence-corrected chi connectivity index (χ1v) is 5.13. The van der Waals surface area contributed by atoms with Crippen LogP contribution in [0.4, 0.5) is 0 Å². The van der Waals surface area contributed by atoms with Gasteiger partial charge in [0.2, 0.25) is 0 Å². The van der Waals surface area contributed by atoms with E-state index < -0.39 is 0 Å². The molecule has 1 atom stereocenters. The van der Waals surface area contributed by atoms with Crippen molar-refractivity contribution in [2.45, 2.75) is 19.9 Å². The predicted octanol–water partition coefficient (Wildman–Crippen LogP) is 0.570. The van der Waals surface area contributed by atoms with Gasteiger partial charge in [0.1, 0.15) is 0 Å². The Morgan fingerprint density at radius 3 is 2.81 bits per heavy atom. The highest BCUT2D eigenvalue weighted by atomic mass is 35.5. The molecule has 1 aromatic heterocycles. The number of rotatable bonds is 5. The molecule has 0 aliphatic carbocycles. The maximum atomic E-state index is 11.6. The zero-order valence-corrected chi connectivity index (χ0v) is 10.7. The van der Waals surface area contributed by atoms with Crippen molar-refractivity contribution < 1.29 is 4.79 Å². The molecule has 1 rings (SSSR count). The first kappa shape index (κ1) is 14.9. The van der Waals surface area contributed by atoms with E-state index in [1.807, 2.05) is 13.8 Å². The second-order valence-corrected chi connectivity index (χ2v) is 3.57. The van der Waals surface area contributed by atoms with Crippen LogP contribution in [0.25, 0.3) is 0 Å². The van der Waals surface area contributed by atoms with Gasteiger partial charge in [-0.25, -0.2) is 0 Å². The molecular weight excluding hydrogens is 228 g/mol. The first-order chi connectivity index (χ1) is 7.13. The van der Waals surface area contributed by atoms with Gasteiger partial charge in [0, 0.05) is 25.8 Å². The lowest BCUT2D eigenvalue weighted by atomic mass is 10.3. The average molecular weight is 247 g/mol. The van der Waals surface area contributed by atoms with Gasteiger partial charge in [-0.05, 0) is 13.5 Å². The van der Waals surface area contributed by atoms with E-state index in [-0.39, 0.29) is 24.4 Å². The van der Waals surface area contributed by atoms with Gasteiger partial charge in [0.25, 0.3) is 5.91 Å². The maximum Gasteiger partial charge on any atom is 0.254 e. The van der Waals surface area contributed by atoms with Gasteiger partial charge in [-0.3, -0.25) is 9.48 Å². The molecule has 16 heavy (non-hydrogen) atoms. The summed E-state index contributed by atoms with van der Waals surface area (Å²) in [6.45, 7) is 5.61. The topological polar surface area (TPSA) is 58.9 Å². The third-order valence-electron chi connectivity index (χ3n) is 2.09. The van der Waals surface area contributed by atoms with Crippen LogP contribution >= 0.6 is 12.4 Å². The summed E-state index contributed by atoms with van der Waals surface area (Å²) in [6.07, 6.45) is 3.26. The maximum absolute atomic E-state index is 11.6. The predicted molar refractivity (Wildman–Crippen MR) is 65.9 cm³/mol. The monoisotopic (exact) mass is 246 g/mol. The fourth-order valence-corrected chi connectivity index (χ4v) is 1.31. The number of amides is 1. The fourth-order valence-electron chi connectivity index (χ4n) is 1.31. The highest BCUT2D eigenvalue weighted by Crippen LogP contribution is 1.95. The summed E-state index contributed by atoms with van der Waals surface area (Å²) >= 11 is 0. The number of aromatic nitrogens is 2. The van der Waals surface area contributed by atoms with Gasteiger partial charge >= 0.3 is 0 Å². The molecule has 2 N–H and O–H groups in total. The fraction of sp³-hybridized carbons (Fsp3) is 0.600. The summed E-state index contributed by atoms with van der Waals surface area (Å²) in [5.41, 5.74) is 0.598. The molecular formula is C10H19ClN4O. The second-order valence-electron chi connectivity index (χ2n) is 3.57. The van der Waals surface area contributed by atoms with Crippen molar-refractivity contribution in [3.8, 4) is 0 Å². The highest BCUT2D eigenvalue weighted by Gasteiger charge is 2.08. The van der Waals surface area contributed by atoms with Crippen molar-refractivity contribution in [2.75, 3.05) is 13.1 Å². The Kier molecular flexibility index (Phi) is 6.76. The Morgan fingerprint density at radius 2 is 2.31 bits per heavy atom. The Balaban J connectivity index is 0.00000225. The molecule has 0 saturated carbocycles. The van der Waals surface area contributed by atoms with E-state index in [1.165, 1.54) is 0 Å². The number of hydrogen-bond acceptors (Lipinski definition) is 3. The van der Waals surface area contributed by atoms with Gasteiger partial charge in [0.05, 0.1) is 11.8 Å². The van der Waals surface area contributed by atoms with Crippen LogP contribution < -0.4 is 10.6 Å². The first-order valence-electron chi connectivity index (χ1n) is 5.13. The van der Waals surface area contributed by atoms with Crippen molar-refractivity contribution in [3.05, 3.63) is 18.0 Å². The molecule has 0 fully saturated rings. The summed E-state index contributed by atoms with van der Waals surface area (Å²) in [6, 6.07) is 0.288. The minimum Gasteiger partial charge on any atom is -0.350 e. The Hall–Kier alpha value is -1.07. The molecule has 0 aliphatic rings. The Morgan fingerprint density at radius 1 is 1.62 bits per heavy atom. The van der Waals surface area contributed by atoms with Crippen LogP contribution in [0.5, 0.6) is 0 Å². The number of carbonyl (C=O) groups excluding carboxylic acids is 1. The van der Waals surface area contributed by atoms with Gasteiger partial charge in [-0.15, -0.1) is 12.4 Å². The molecule has 6 heteroatoms. The number of nitrogens with zero attached hydrogens (tertiary/aromatic N) is 2. The summed E-state index contributed by atoms with van der Waals surface area (Å²) in [5.74, 6) is -0.0761. The average Bonchev–Trinajstić information content (AvgIpc) is 2.62. The van der Waals surface area contributed by atoms with E-state index in [1.54, 1.807) is 24.1 Å². The van der Waals surface area contributed by atoms with E-state index >= 15 is 0 Å². The van der Waals surface area contributed by atoms with Crippen LogP contribution in [0.1, 0.15) is 24.2 Å². The van der Waals surface area contributed by atoms with Gasteiger partial charge < -0.3 is 10.6 Å². The summed E-state index contributed by atoms with van der Waals surface area (Å²) in [5, 5.41) is 10.0. The van der Waals surface area contributed by atoms with Crippen molar-refractivity contribution in [1.29, 1.82) is 0 Å². The lowest BCUT2D eigenvalue weighted by Gasteiger charge is -2.12. The molecule has 0 radical (unpaired) electrons. The van der Waals surface area contributed by atoms with E-state index in [0.29, 0.717) is 12.1 Å². The quantitative estimate of drug-likeness (QED) is 0.799. The van der Waals surface area contributed by atoms with E-state index in [4.69, 9.17) is 0 Å². The number of halogens is 1. The summed E-state index contributed by atoms with van der Waals surface area (Å²) < 4.78 is 1.61.